The van der Waals surface area contributed by atoms with Crippen LogP contribution in [0.3, 0.4) is 0 Å². The van der Waals surface area contributed by atoms with Gasteiger partial charge in [-0.3, -0.25) is 0 Å². The van der Waals surface area contributed by atoms with Crippen LogP contribution in [0.2, 0.25) is 0 Å². The highest BCUT2D eigenvalue weighted by molar-refractivity contribution is 7.20. The summed E-state index contributed by atoms with van der Waals surface area (Å²) in [6.45, 7) is 8.51. The first-order chi connectivity index (χ1) is 11.4. The van der Waals surface area contributed by atoms with E-state index in [1.54, 1.807) is 0 Å². The molecule has 2 aromatic heterocycles. The Kier molecular flexibility index (Phi) is 4.24. The lowest BCUT2D eigenvalue weighted by Crippen LogP contribution is -2.18. The van der Waals surface area contributed by atoms with E-state index in [4.69, 9.17) is 0 Å². The van der Waals surface area contributed by atoms with Gasteiger partial charge in [0.1, 0.15) is 21.3 Å². The lowest BCUT2D eigenvalue weighted by atomic mass is 10.1. The summed E-state index contributed by atoms with van der Waals surface area (Å²) in [6.07, 6.45) is 0. The van der Waals surface area contributed by atoms with Crippen LogP contribution in [-0.4, -0.2) is 27.6 Å². The molecule has 3 rings (SSSR count). The number of aromatic carboxylic acids is 1. The van der Waals surface area contributed by atoms with Gasteiger partial charge in [0.05, 0.1) is 5.39 Å². The zero-order valence-corrected chi connectivity index (χ0v) is 14.9. The van der Waals surface area contributed by atoms with E-state index < -0.39 is 5.97 Å². The molecule has 2 heterocycles. The van der Waals surface area contributed by atoms with E-state index >= 15 is 0 Å². The summed E-state index contributed by atoms with van der Waals surface area (Å²) >= 11 is 1.21. The van der Waals surface area contributed by atoms with Crippen LogP contribution >= 0.6 is 11.3 Å². The van der Waals surface area contributed by atoms with E-state index in [2.05, 4.69) is 40.8 Å². The molecule has 0 radical (unpaired) electrons. The summed E-state index contributed by atoms with van der Waals surface area (Å²) in [5.41, 5.74) is 2.93. The largest absolute Gasteiger partial charge is 0.477 e. The van der Waals surface area contributed by atoms with Crippen LogP contribution in [0.5, 0.6) is 0 Å². The average molecular weight is 341 g/mol. The molecule has 5 nitrogen and oxygen atoms in total. The van der Waals surface area contributed by atoms with Crippen LogP contribution in [0.1, 0.15) is 33.5 Å². The molecule has 0 aliphatic heterocycles. The van der Waals surface area contributed by atoms with Crippen molar-refractivity contribution in [3.05, 3.63) is 46.1 Å². The Balaban J connectivity index is 2.29. The lowest BCUT2D eigenvalue weighted by Gasteiger charge is -2.24. The Bertz CT molecular complexity index is 933. The molecule has 1 N–H and O–H groups in total. The third kappa shape index (κ3) is 2.73. The minimum absolute atomic E-state index is 0.325. The number of aryl methyl sites for hydroxylation is 3. The summed E-state index contributed by atoms with van der Waals surface area (Å²) in [5.74, 6) is 0.492. The van der Waals surface area contributed by atoms with Crippen molar-refractivity contribution < 1.29 is 9.90 Å². The molecule has 0 amide bonds. The van der Waals surface area contributed by atoms with Gasteiger partial charge in [0, 0.05) is 12.2 Å². The van der Waals surface area contributed by atoms with Gasteiger partial charge in [-0.05, 0) is 51.0 Å². The Hall–Kier alpha value is -2.47. The lowest BCUT2D eigenvalue weighted by molar-refractivity contribution is 0.0701. The number of rotatable bonds is 4. The van der Waals surface area contributed by atoms with Crippen LogP contribution in [0, 0.1) is 20.8 Å². The number of fused-ring (bicyclic) bond motifs is 1. The Morgan fingerprint density at radius 1 is 1.25 bits per heavy atom. The van der Waals surface area contributed by atoms with Gasteiger partial charge in [-0.1, -0.05) is 12.1 Å². The van der Waals surface area contributed by atoms with E-state index in [0.717, 1.165) is 33.8 Å². The van der Waals surface area contributed by atoms with Gasteiger partial charge in [0.15, 0.2) is 0 Å². The highest BCUT2D eigenvalue weighted by atomic mass is 32.1. The molecule has 1 aromatic carbocycles. The van der Waals surface area contributed by atoms with Crippen molar-refractivity contribution in [2.45, 2.75) is 27.7 Å². The highest BCUT2D eigenvalue weighted by Crippen LogP contribution is 2.37. The van der Waals surface area contributed by atoms with Gasteiger partial charge >= 0.3 is 5.97 Å². The first-order valence-electron chi connectivity index (χ1n) is 7.77. The molecular weight excluding hydrogens is 322 g/mol. The fourth-order valence-electron chi connectivity index (χ4n) is 2.87. The third-order valence-corrected chi connectivity index (χ3v) is 5.14. The molecule has 0 spiro atoms. The van der Waals surface area contributed by atoms with Crippen molar-refractivity contribution in [2.75, 3.05) is 11.4 Å². The van der Waals surface area contributed by atoms with Crippen LogP contribution in [0.15, 0.2) is 24.3 Å². The molecule has 0 saturated heterocycles. The summed E-state index contributed by atoms with van der Waals surface area (Å²) in [4.78, 5) is 23.7. The smallest absolute Gasteiger partial charge is 0.346 e. The molecule has 0 atom stereocenters. The van der Waals surface area contributed by atoms with Gasteiger partial charge in [-0.2, -0.15) is 0 Å². The minimum Gasteiger partial charge on any atom is -0.477 e. The third-order valence-electron chi connectivity index (χ3n) is 3.96. The van der Waals surface area contributed by atoms with Crippen LogP contribution in [0.25, 0.3) is 10.2 Å². The number of anilines is 2. The number of benzene rings is 1. The van der Waals surface area contributed by atoms with Crippen molar-refractivity contribution >= 4 is 39.0 Å². The van der Waals surface area contributed by atoms with Gasteiger partial charge in [0.2, 0.25) is 0 Å². The zero-order chi connectivity index (χ0) is 17.4. The Labute approximate surface area is 144 Å². The van der Waals surface area contributed by atoms with Crippen LogP contribution in [-0.2, 0) is 0 Å². The molecule has 0 unspecified atom stereocenters. The second kappa shape index (κ2) is 6.20. The molecule has 24 heavy (non-hydrogen) atoms. The first-order valence-corrected chi connectivity index (χ1v) is 8.59. The van der Waals surface area contributed by atoms with Crippen molar-refractivity contribution in [3.63, 3.8) is 0 Å². The summed E-state index contributed by atoms with van der Waals surface area (Å²) < 4.78 is 0. The zero-order valence-electron chi connectivity index (χ0n) is 14.1. The molecular formula is C18H19N3O2S. The number of nitrogens with zero attached hydrogens (tertiary/aromatic N) is 3. The minimum atomic E-state index is -0.919. The number of hydrogen-bond donors (Lipinski definition) is 1. The maximum absolute atomic E-state index is 11.5. The molecule has 0 aliphatic carbocycles. The number of thiophene rings is 1. The van der Waals surface area contributed by atoms with E-state index in [9.17, 15) is 9.90 Å². The normalized spacial score (nSPS) is 11.0. The van der Waals surface area contributed by atoms with Gasteiger partial charge in [-0.15, -0.1) is 11.3 Å². The monoisotopic (exact) mass is 341 g/mol. The fraction of sp³-hybridized carbons (Fsp3) is 0.278. The van der Waals surface area contributed by atoms with Crippen LogP contribution < -0.4 is 4.90 Å². The van der Waals surface area contributed by atoms with Crippen LogP contribution in [0.4, 0.5) is 11.5 Å². The molecule has 6 heteroatoms. The molecule has 0 aliphatic rings. The SMILES string of the molecule is CCN(c1cccc(C)c1)c1nc(C)nc2sc(C(=O)O)c(C)c12. The van der Waals surface area contributed by atoms with Crippen molar-refractivity contribution in [3.8, 4) is 0 Å². The number of hydrogen-bond acceptors (Lipinski definition) is 5. The summed E-state index contributed by atoms with van der Waals surface area (Å²) in [5, 5.41) is 10.3. The molecule has 0 saturated carbocycles. The maximum Gasteiger partial charge on any atom is 0.346 e. The first kappa shape index (κ1) is 16.4. The van der Waals surface area contributed by atoms with E-state index in [0.29, 0.717) is 10.7 Å². The van der Waals surface area contributed by atoms with E-state index in [-0.39, 0.29) is 0 Å². The van der Waals surface area contributed by atoms with E-state index in [1.165, 1.54) is 16.9 Å². The van der Waals surface area contributed by atoms with Crippen molar-refractivity contribution in [1.82, 2.24) is 9.97 Å². The fourth-order valence-corrected chi connectivity index (χ4v) is 3.93. The standard InChI is InChI=1S/C18H19N3O2S/c1-5-21(13-8-6-7-10(2)9-13)16-14-11(3)15(18(22)23)24-17(14)20-12(4)19-16/h6-9H,5H2,1-4H3,(H,22,23). The number of carbonyl (C=O) groups is 1. The van der Waals surface area contributed by atoms with Gasteiger partial charge in [-0.25, -0.2) is 14.8 Å². The van der Waals surface area contributed by atoms with E-state index in [1.807, 2.05) is 26.0 Å². The second-order valence-corrected chi connectivity index (χ2v) is 6.72. The molecule has 0 fully saturated rings. The predicted molar refractivity (Wildman–Crippen MR) is 97.7 cm³/mol. The second-order valence-electron chi connectivity index (χ2n) is 5.72. The topological polar surface area (TPSA) is 66.3 Å². The number of aromatic nitrogens is 2. The summed E-state index contributed by atoms with van der Waals surface area (Å²) in [6, 6.07) is 8.21. The molecule has 3 aromatic rings. The predicted octanol–water partition coefficient (Wildman–Crippen LogP) is 4.47. The Morgan fingerprint density at radius 3 is 2.62 bits per heavy atom. The highest BCUT2D eigenvalue weighted by Gasteiger charge is 2.22. The number of carboxylic acid groups (broad SMARTS) is 1. The van der Waals surface area contributed by atoms with Gasteiger partial charge in [0.25, 0.3) is 0 Å². The Morgan fingerprint density at radius 2 is 2.00 bits per heavy atom. The molecule has 0 bridgehead atoms. The van der Waals surface area contributed by atoms with Crippen molar-refractivity contribution in [2.24, 2.45) is 0 Å². The summed E-state index contributed by atoms with van der Waals surface area (Å²) in [7, 11) is 0. The average Bonchev–Trinajstić information content (AvgIpc) is 2.85. The van der Waals surface area contributed by atoms with Gasteiger partial charge < -0.3 is 10.0 Å². The molecule has 124 valence electrons. The van der Waals surface area contributed by atoms with Crippen molar-refractivity contribution in [1.29, 1.82) is 0 Å². The number of carboxylic acids is 1. The maximum atomic E-state index is 11.5. The quantitative estimate of drug-likeness (QED) is 0.758.